The van der Waals surface area contributed by atoms with Crippen molar-refractivity contribution in [2.45, 2.75) is 18.7 Å². The number of rotatable bonds is 5. The molecule has 3 aromatic carbocycles. The first-order valence-electron chi connectivity index (χ1n) is 10.0. The molecule has 0 aliphatic carbocycles. The second-order valence-electron chi connectivity index (χ2n) is 7.27. The Morgan fingerprint density at radius 3 is 2.38 bits per heavy atom. The SMILES string of the molecule is CC1=C(C(=O)Nc2ccccc2)[C@H](c2ccccc2)N=C(SCc2ccc(Cl)c(Cl)c2)N1. The summed E-state index contributed by atoms with van der Waals surface area (Å²) in [4.78, 5) is 18.1. The number of nitrogens with zero attached hydrogens (tertiary/aromatic N) is 1. The third-order valence-corrected chi connectivity index (χ3v) is 6.67. The number of carbonyl (C=O) groups is 1. The van der Waals surface area contributed by atoms with Gasteiger partial charge in [-0.1, -0.05) is 89.6 Å². The normalized spacial score (nSPS) is 15.7. The van der Waals surface area contributed by atoms with Gasteiger partial charge in [0.1, 0.15) is 6.04 Å². The van der Waals surface area contributed by atoms with Crippen LogP contribution in [0.5, 0.6) is 0 Å². The van der Waals surface area contributed by atoms with E-state index in [2.05, 4.69) is 10.6 Å². The molecule has 1 aliphatic rings. The minimum atomic E-state index is -0.405. The van der Waals surface area contributed by atoms with E-state index >= 15 is 0 Å². The highest BCUT2D eigenvalue weighted by Gasteiger charge is 2.29. The number of hydrogen-bond acceptors (Lipinski definition) is 4. The molecule has 0 aromatic heterocycles. The Balaban J connectivity index is 1.58. The van der Waals surface area contributed by atoms with E-state index in [0.29, 0.717) is 21.4 Å². The van der Waals surface area contributed by atoms with Crippen molar-refractivity contribution in [1.82, 2.24) is 5.32 Å². The van der Waals surface area contributed by atoms with Crippen LogP contribution in [0.4, 0.5) is 5.69 Å². The fourth-order valence-corrected chi connectivity index (χ4v) is 4.60. The average molecular weight is 482 g/mol. The van der Waals surface area contributed by atoms with Crippen molar-refractivity contribution in [2.24, 2.45) is 4.99 Å². The summed E-state index contributed by atoms with van der Waals surface area (Å²) in [5, 5.41) is 8.10. The molecule has 3 aromatic rings. The molecule has 0 spiro atoms. The fraction of sp³-hybridized carbons (Fsp3) is 0.120. The Morgan fingerprint density at radius 2 is 1.69 bits per heavy atom. The van der Waals surface area contributed by atoms with Crippen LogP contribution in [0.2, 0.25) is 10.0 Å². The van der Waals surface area contributed by atoms with Gasteiger partial charge in [-0.15, -0.1) is 0 Å². The summed E-state index contributed by atoms with van der Waals surface area (Å²) in [6, 6.07) is 24.5. The number of amides is 1. The molecule has 162 valence electrons. The van der Waals surface area contributed by atoms with Gasteiger partial charge in [0.2, 0.25) is 0 Å². The molecule has 1 amide bonds. The highest BCUT2D eigenvalue weighted by molar-refractivity contribution is 8.13. The molecule has 4 nitrogen and oxygen atoms in total. The van der Waals surface area contributed by atoms with Crippen molar-refractivity contribution in [1.29, 1.82) is 0 Å². The van der Waals surface area contributed by atoms with Crippen LogP contribution >= 0.6 is 35.0 Å². The molecule has 7 heteroatoms. The van der Waals surface area contributed by atoms with Gasteiger partial charge >= 0.3 is 0 Å². The Morgan fingerprint density at radius 1 is 1.00 bits per heavy atom. The van der Waals surface area contributed by atoms with Crippen LogP contribution < -0.4 is 10.6 Å². The van der Waals surface area contributed by atoms with Crippen LogP contribution in [0.3, 0.4) is 0 Å². The summed E-state index contributed by atoms with van der Waals surface area (Å²) in [6.07, 6.45) is 0. The lowest BCUT2D eigenvalue weighted by molar-refractivity contribution is -0.113. The zero-order chi connectivity index (χ0) is 22.5. The number of amidine groups is 1. The van der Waals surface area contributed by atoms with E-state index in [9.17, 15) is 4.79 Å². The number of anilines is 1. The number of thioether (sulfide) groups is 1. The van der Waals surface area contributed by atoms with Crippen molar-refractivity contribution in [3.63, 3.8) is 0 Å². The van der Waals surface area contributed by atoms with E-state index in [1.807, 2.05) is 79.7 Å². The maximum atomic E-state index is 13.2. The van der Waals surface area contributed by atoms with Gasteiger partial charge in [0, 0.05) is 17.1 Å². The lowest BCUT2D eigenvalue weighted by atomic mass is 9.96. The van der Waals surface area contributed by atoms with Crippen LogP contribution in [0.25, 0.3) is 0 Å². The fourth-order valence-electron chi connectivity index (χ4n) is 3.39. The number of halogens is 2. The van der Waals surface area contributed by atoms with Gasteiger partial charge in [0.05, 0.1) is 15.6 Å². The van der Waals surface area contributed by atoms with E-state index in [4.69, 9.17) is 28.2 Å². The average Bonchev–Trinajstić information content (AvgIpc) is 2.80. The second kappa shape index (κ2) is 10.3. The van der Waals surface area contributed by atoms with Crippen LogP contribution in [0.15, 0.2) is 95.1 Å². The zero-order valence-corrected chi connectivity index (χ0v) is 19.6. The monoisotopic (exact) mass is 481 g/mol. The predicted molar refractivity (Wildman–Crippen MR) is 135 cm³/mol. The first-order chi connectivity index (χ1) is 15.5. The summed E-state index contributed by atoms with van der Waals surface area (Å²) in [5.41, 5.74) is 4.12. The number of carbonyl (C=O) groups excluding carboxylic acids is 1. The first-order valence-corrected chi connectivity index (χ1v) is 11.8. The molecule has 1 atom stereocenters. The number of para-hydroxylation sites is 1. The van der Waals surface area contributed by atoms with Crippen LogP contribution in [0, 0.1) is 0 Å². The molecule has 4 rings (SSSR count). The molecule has 0 saturated heterocycles. The zero-order valence-electron chi connectivity index (χ0n) is 17.3. The number of nitrogens with one attached hydrogen (secondary N) is 2. The van der Waals surface area contributed by atoms with Gasteiger partial charge in [-0.25, -0.2) is 4.99 Å². The van der Waals surface area contributed by atoms with E-state index in [1.165, 1.54) is 0 Å². The van der Waals surface area contributed by atoms with Gasteiger partial charge in [-0.3, -0.25) is 4.79 Å². The first kappa shape index (κ1) is 22.5. The summed E-state index contributed by atoms with van der Waals surface area (Å²) in [5.74, 6) is 0.496. The third-order valence-electron chi connectivity index (χ3n) is 4.97. The van der Waals surface area contributed by atoms with Crippen molar-refractivity contribution in [3.8, 4) is 0 Å². The Kier molecular flexibility index (Phi) is 7.20. The van der Waals surface area contributed by atoms with Gasteiger partial charge in [0.15, 0.2) is 5.17 Å². The molecule has 0 fully saturated rings. The molecule has 1 aliphatic heterocycles. The highest BCUT2D eigenvalue weighted by Crippen LogP contribution is 2.34. The molecule has 32 heavy (non-hydrogen) atoms. The van der Waals surface area contributed by atoms with E-state index < -0.39 is 6.04 Å². The standard InChI is InChI=1S/C25H21Cl2N3OS/c1-16-22(24(31)29-19-10-6-3-7-11-19)23(18-8-4-2-5-9-18)30-25(28-16)32-15-17-12-13-20(26)21(27)14-17/h2-14,23H,15H2,1H3,(H,28,30)(H,29,31)/t23-/m0/s1. The maximum absolute atomic E-state index is 13.2. The molecule has 0 radical (unpaired) electrons. The van der Waals surface area contributed by atoms with E-state index in [0.717, 1.165) is 27.7 Å². The molecular weight excluding hydrogens is 461 g/mol. The van der Waals surface area contributed by atoms with Gasteiger partial charge in [-0.2, -0.15) is 0 Å². The van der Waals surface area contributed by atoms with Gasteiger partial charge < -0.3 is 10.6 Å². The van der Waals surface area contributed by atoms with Crippen molar-refractivity contribution in [3.05, 3.63) is 111 Å². The number of benzene rings is 3. The van der Waals surface area contributed by atoms with Crippen molar-refractivity contribution in [2.75, 3.05) is 5.32 Å². The van der Waals surface area contributed by atoms with Crippen molar-refractivity contribution >= 4 is 51.7 Å². The van der Waals surface area contributed by atoms with Crippen molar-refractivity contribution < 1.29 is 4.79 Å². The van der Waals surface area contributed by atoms with Gasteiger partial charge in [-0.05, 0) is 42.3 Å². The van der Waals surface area contributed by atoms with E-state index in [1.54, 1.807) is 17.8 Å². The van der Waals surface area contributed by atoms with Gasteiger partial charge in [0.25, 0.3) is 5.91 Å². The van der Waals surface area contributed by atoms with Crippen LogP contribution in [-0.2, 0) is 10.5 Å². The minimum Gasteiger partial charge on any atom is -0.338 e. The summed E-state index contributed by atoms with van der Waals surface area (Å²) in [7, 11) is 0. The molecule has 0 unspecified atom stereocenters. The Labute approximate surface area is 201 Å². The molecule has 0 bridgehead atoms. The predicted octanol–water partition coefficient (Wildman–Crippen LogP) is 6.84. The van der Waals surface area contributed by atoms with Crippen LogP contribution in [-0.4, -0.2) is 11.1 Å². The van der Waals surface area contributed by atoms with E-state index in [-0.39, 0.29) is 5.91 Å². The number of allylic oxidation sites excluding steroid dienone is 1. The highest BCUT2D eigenvalue weighted by atomic mass is 35.5. The summed E-state index contributed by atoms with van der Waals surface area (Å²) in [6.45, 7) is 1.91. The molecule has 0 saturated carbocycles. The summed E-state index contributed by atoms with van der Waals surface area (Å²) < 4.78 is 0. The largest absolute Gasteiger partial charge is 0.338 e. The third kappa shape index (κ3) is 5.36. The Bertz CT molecular complexity index is 1180. The topological polar surface area (TPSA) is 53.5 Å². The molecule has 1 heterocycles. The smallest absolute Gasteiger partial charge is 0.255 e. The Hall–Kier alpha value is -2.73. The molecule has 2 N–H and O–H groups in total. The molecular formula is C25H21Cl2N3OS. The lowest BCUT2D eigenvalue weighted by Gasteiger charge is -2.26. The van der Waals surface area contributed by atoms with Crippen LogP contribution in [0.1, 0.15) is 24.1 Å². The quantitative estimate of drug-likeness (QED) is 0.419. The second-order valence-corrected chi connectivity index (χ2v) is 9.05. The summed E-state index contributed by atoms with van der Waals surface area (Å²) >= 11 is 13.7. The number of aliphatic imine (C=N–C) groups is 1. The maximum Gasteiger partial charge on any atom is 0.255 e. The minimum absolute atomic E-state index is 0.174. The number of hydrogen-bond donors (Lipinski definition) is 2. The lowest BCUT2D eigenvalue weighted by Crippen LogP contribution is -2.32.